The molecule has 0 atom stereocenters. The second kappa shape index (κ2) is 5.27. The Balaban J connectivity index is 2.30. The molecule has 0 aliphatic heterocycles. The summed E-state index contributed by atoms with van der Waals surface area (Å²) in [4.78, 5) is 8.19. The topological polar surface area (TPSA) is 37.8 Å². The van der Waals surface area contributed by atoms with Gasteiger partial charge in [-0.2, -0.15) is 0 Å². The lowest BCUT2D eigenvalue weighted by molar-refractivity contribution is 0.869. The van der Waals surface area contributed by atoms with Gasteiger partial charge in [0, 0.05) is 11.8 Å². The Labute approximate surface area is 109 Å². The molecule has 1 N–H and O–H groups in total. The van der Waals surface area contributed by atoms with Crippen molar-refractivity contribution < 1.29 is 0 Å². The van der Waals surface area contributed by atoms with Crippen molar-refractivity contribution >= 4 is 27.4 Å². The number of halogens is 1. The zero-order chi connectivity index (χ0) is 12.3. The maximum atomic E-state index is 4.18. The van der Waals surface area contributed by atoms with Crippen LogP contribution in [0.2, 0.25) is 0 Å². The van der Waals surface area contributed by atoms with E-state index in [1.54, 1.807) is 0 Å². The summed E-state index contributed by atoms with van der Waals surface area (Å²) >= 11 is 3.33. The van der Waals surface area contributed by atoms with Crippen molar-refractivity contribution in [3.05, 3.63) is 46.8 Å². The summed E-state index contributed by atoms with van der Waals surface area (Å²) in [6.45, 7) is 4.35. The van der Waals surface area contributed by atoms with Crippen LogP contribution >= 0.6 is 15.9 Å². The highest BCUT2D eigenvalue weighted by atomic mass is 79.9. The monoisotopic (exact) mass is 291 g/mol. The molecular formula is C13H14BrN3. The van der Waals surface area contributed by atoms with Gasteiger partial charge in [-0.05, 0) is 33.5 Å². The summed E-state index contributed by atoms with van der Waals surface area (Å²) in [6, 6.07) is 10.1. The van der Waals surface area contributed by atoms with E-state index in [0.717, 1.165) is 16.1 Å². The molecule has 0 aliphatic rings. The number of nitrogens with one attached hydrogen (secondary N) is 1. The fourth-order valence-electron chi connectivity index (χ4n) is 1.65. The number of aromatic nitrogens is 2. The fraction of sp³-hybridized carbons (Fsp3) is 0.231. The molecule has 2 aromatic rings. The maximum absolute atomic E-state index is 4.18. The van der Waals surface area contributed by atoms with Crippen LogP contribution in [0.4, 0.5) is 11.5 Å². The van der Waals surface area contributed by atoms with Crippen LogP contribution in [0.3, 0.4) is 0 Å². The predicted octanol–water partition coefficient (Wildman–Crippen LogP) is 4.11. The molecule has 3 nitrogen and oxygen atoms in total. The Hall–Kier alpha value is -1.42. The van der Waals surface area contributed by atoms with Gasteiger partial charge in [0.05, 0.1) is 0 Å². The van der Waals surface area contributed by atoms with Crippen LogP contribution in [0.5, 0.6) is 0 Å². The van der Waals surface area contributed by atoms with Crippen molar-refractivity contribution in [1.82, 2.24) is 9.97 Å². The van der Waals surface area contributed by atoms with Crippen LogP contribution in [-0.4, -0.2) is 9.97 Å². The van der Waals surface area contributed by atoms with Crippen LogP contribution in [0.15, 0.2) is 41.3 Å². The third kappa shape index (κ3) is 3.03. The quantitative estimate of drug-likeness (QED) is 0.865. The molecule has 0 saturated carbocycles. The first kappa shape index (κ1) is 12.0. The molecule has 1 aromatic carbocycles. The van der Waals surface area contributed by atoms with Crippen LogP contribution in [-0.2, 0) is 0 Å². The van der Waals surface area contributed by atoms with E-state index in [-0.39, 0.29) is 0 Å². The van der Waals surface area contributed by atoms with E-state index in [2.05, 4.69) is 63.3 Å². The Morgan fingerprint density at radius 2 is 1.94 bits per heavy atom. The Bertz CT molecular complexity index is 512. The van der Waals surface area contributed by atoms with Crippen molar-refractivity contribution in [2.24, 2.45) is 0 Å². The molecule has 0 radical (unpaired) electrons. The van der Waals surface area contributed by atoms with Crippen LogP contribution in [0, 0.1) is 0 Å². The minimum atomic E-state index is 0.476. The first-order valence-corrected chi connectivity index (χ1v) is 6.29. The second-order valence-electron chi connectivity index (χ2n) is 4.09. The molecule has 0 amide bonds. The summed E-state index contributed by atoms with van der Waals surface area (Å²) in [7, 11) is 0. The number of anilines is 2. The Morgan fingerprint density at radius 3 is 2.65 bits per heavy atom. The molecule has 0 unspecified atom stereocenters. The zero-order valence-corrected chi connectivity index (χ0v) is 11.4. The van der Waals surface area contributed by atoms with Gasteiger partial charge in [-0.15, -0.1) is 0 Å². The first-order chi connectivity index (χ1) is 8.16. The van der Waals surface area contributed by atoms with Crippen molar-refractivity contribution in [3.8, 4) is 0 Å². The molecular weight excluding hydrogens is 278 g/mol. The van der Waals surface area contributed by atoms with Crippen molar-refractivity contribution in [1.29, 1.82) is 0 Å². The average Bonchev–Trinajstić information content (AvgIpc) is 2.29. The smallest absolute Gasteiger partial charge is 0.134 e. The molecule has 4 heteroatoms. The molecule has 17 heavy (non-hydrogen) atoms. The standard InChI is InChI=1S/C13H14BrN3/c1-9(2)10-5-3-4-6-11(10)17-13-7-12(14)15-8-16-13/h3-9H,1-2H3,(H,15,16,17). The normalized spacial score (nSPS) is 10.6. The lowest BCUT2D eigenvalue weighted by Crippen LogP contribution is -1.99. The number of hydrogen-bond acceptors (Lipinski definition) is 3. The van der Waals surface area contributed by atoms with Gasteiger partial charge >= 0.3 is 0 Å². The third-order valence-corrected chi connectivity index (χ3v) is 2.91. The molecule has 2 rings (SSSR count). The highest BCUT2D eigenvalue weighted by molar-refractivity contribution is 9.10. The first-order valence-electron chi connectivity index (χ1n) is 5.50. The molecule has 1 aromatic heterocycles. The maximum Gasteiger partial charge on any atom is 0.134 e. The van der Waals surface area contributed by atoms with Gasteiger partial charge in [0.2, 0.25) is 0 Å². The Kier molecular flexibility index (Phi) is 3.74. The molecule has 88 valence electrons. The third-order valence-electron chi connectivity index (χ3n) is 2.48. The number of hydrogen-bond donors (Lipinski definition) is 1. The molecule has 0 fully saturated rings. The lowest BCUT2D eigenvalue weighted by Gasteiger charge is -2.13. The number of rotatable bonds is 3. The summed E-state index contributed by atoms with van der Waals surface area (Å²) in [5, 5.41) is 3.31. The van der Waals surface area contributed by atoms with E-state index in [9.17, 15) is 0 Å². The number of nitrogens with zero attached hydrogens (tertiary/aromatic N) is 2. The van der Waals surface area contributed by atoms with Crippen molar-refractivity contribution in [2.75, 3.05) is 5.32 Å². The van der Waals surface area contributed by atoms with E-state index >= 15 is 0 Å². The lowest BCUT2D eigenvalue weighted by atomic mass is 10.0. The van der Waals surface area contributed by atoms with Crippen LogP contribution in [0.25, 0.3) is 0 Å². The minimum Gasteiger partial charge on any atom is -0.340 e. The number of benzene rings is 1. The van der Waals surface area contributed by atoms with Gasteiger partial charge in [0.1, 0.15) is 16.7 Å². The highest BCUT2D eigenvalue weighted by Crippen LogP contribution is 2.26. The molecule has 0 aliphatic carbocycles. The summed E-state index contributed by atoms with van der Waals surface area (Å²) in [5.41, 5.74) is 2.37. The SMILES string of the molecule is CC(C)c1ccccc1Nc1cc(Br)ncn1. The Morgan fingerprint density at radius 1 is 1.18 bits per heavy atom. The molecule has 0 bridgehead atoms. The summed E-state index contributed by atoms with van der Waals surface area (Å²) < 4.78 is 0.775. The van der Waals surface area contributed by atoms with E-state index < -0.39 is 0 Å². The van der Waals surface area contributed by atoms with Gasteiger partial charge in [0.25, 0.3) is 0 Å². The average molecular weight is 292 g/mol. The van der Waals surface area contributed by atoms with E-state index in [1.807, 2.05) is 12.1 Å². The van der Waals surface area contributed by atoms with Gasteiger partial charge in [-0.1, -0.05) is 32.0 Å². The van der Waals surface area contributed by atoms with Gasteiger partial charge in [0.15, 0.2) is 0 Å². The molecule has 1 heterocycles. The van der Waals surface area contributed by atoms with E-state index in [0.29, 0.717) is 5.92 Å². The minimum absolute atomic E-state index is 0.476. The van der Waals surface area contributed by atoms with E-state index in [4.69, 9.17) is 0 Å². The molecule has 0 saturated heterocycles. The van der Waals surface area contributed by atoms with Gasteiger partial charge < -0.3 is 5.32 Å². The highest BCUT2D eigenvalue weighted by Gasteiger charge is 2.06. The zero-order valence-electron chi connectivity index (χ0n) is 9.81. The van der Waals surface area contributed by atoms with Gasteiger partial charge in [-0.3, -0.25) is 0 Å². The number of para-hydroxylation sites is 1. The van der Waals surface area contributed by atoms with E-state index in [1.165, 1.54) is 11.9 Å². The molecule has 0 spiro atoms. The summed E-state index contributed by atoms with van der Waals surface area (Å²) in [6.07, 6.45) is 1.53. The van der Waals surface area contributed by atoms with Crippen LogP contribution < -0.4 is 5.32 Å². The van der Waals surface area contributed by atoms with Crippen LogP contribution in [0.1, 0.15) is 25.3 Å². The fourth-order valence-corrected chi connectivity index (χ4v) is 1.96. The van der Waals surface area contributed by atoms with Crippen molar-refractivity contribution in [2.45, 2.75) is 19.8 Å². The summed E-state index contributed by atoms with van der Waals surface area (Å²) in [5.74, 6) is 1.27. The van der Waals surface area contributed by atoms with Crippen molar-refractivity contribution in [3.63, 3.8) is 0 Å². The second-order valence-corrected chi connectivity index (χ2v) is 4.91. The predicted molar refractivity (Wildman–Crippen MR) is 73.5 cm³/mol. The van der Waals surface area contributed by atoms with Gasteiger partial charge in [-0.25, -0.2) is 9.97 Å². The largest absolute Gasteiger partial charge is 0.340 e.